The lowest BCUT2D eigenvalue weighted by molar-refractivity contribution is -0.142. The molecule has 196 valence electrons. The molecule has 37 heavy (non-hydrogen) atoms. The Kier molecular flexibility index (Phi) is 8.65. The summed E-state index contributed by atoms with van der Waals surface area (Å²) in [5.41, 5.74) is 2.20. The summed E-state index contributed by atoms with van der Waals surface area (Å²) in [6.45, 7) is 10.9. The third kappa shape index (κ3) is 7.36. The van der Waals surface area contributed by atoms with Crippen LogP contribution in [-0.4, -0.2) is 40.5 Å². The molecule has 3 rings (SSSR count). The average molecular weight is 504 g/mol. The van der Waals surface area contributed by atoms with Crippen LogP contribution in [0.1, 0.15) is 70.2 Å². The largest absolute Gasteiger partial charge is 0.444 e. The van der Waals surface area contributed by atoms with Gasteiger partial charge in [0.25, 0.3) is 5.91 Å². The lowest BCUT2D eigenvalue weighted by Gasteiger charge is -2.36. The van der Waals surface area contributed by atoms with Crippen molar-refractivity contribution in [1.29, 1.82) is 0 Å². The molecule has 3 amide bonds. The van der Waals surface area contributed by atoms with Crippen molar-refractivity contribution in [3.05, 3.63) is 65.2 Å². The van der Waals surface area contributed by atoms with E-state index >= 15 is 0 Å². The number of para-hydroxylation sites is 1. The van der Waals surface area contributed by atoms with Crippen LogP contribution in [0.2, 0.25) is 0 Å². The fourth-order valence-corrected chi connectivity index (χ4v) is 4.09. The molecule has 7 nitrogen and oxygen atoms in total. The molecule has 0 aromatic heterocycles. The summed E-state index contributed by atoms with van der Waals surface area (Å²) < 4.78 is 5.42. The van der Waals surface area contributed by atoms with Gasteiger partial charge in [-0.2, -0.15) is 0 Å². The van der Waals surface area contributed by atoms with Crippen molar-refractivity contribution in [2.45, 2.75) is 78.1 Å². The Morgan fingerprint density at radius 3 is 2.19 bits per heavy atom. The van der Waals surface area contributed by atoms with Gasteiger partial charge in [0.05, 0.1) is 0 Å². The number of hydrogen-bond donors (Lipinski definition) is 2. The Morgan fingerprint density at radius 1 is 1.05 bits per heavy atom. The fourth-order valence-electron chi connectivity index (χ4n) is 4.09. The van der Waals surface area contributed by atoms with E-state index in [0.29, 0.717) is 16.8 Å². The fraction of sp³-hybridized carbons (Fsp3) is 0.433. The quantitative estimate of drug-likeness (QED) is 0.485. The zero-order chi connectivity index (χ0) is 27.3. The summed E-state index contributed by atoms with van der Waals surface area (Å²) in [6, 6.07) is 12.7. The van der Waals surface area contributed by atoms with Crippen LogP contribution in [0.25, 0.3) is 0 Å². The number of carbonyl (C=O) groups is 3. The number of hydrogen-bond acceptors (Lipinski definition) is 4. The summed E-state index contributed by atoms with van der Waals surface area (Å²) in [5.74, 6) is 1.70. The molecule has 0 saturated heterocycles. The number of terminal acetylenes is 1. The lowest BCUT2D eigenvalue weighted by atomic mass is 9.98. The van der Waals surface area contributed by atoms with Gasteiger partial charge in [-0.1, -0.05) is 50.1 Å². The number of nitrogens with one attached hydrogen (secondary N) is 2. The summed E-state index contributed by atoms with van der Waals surface area (Å²) in [5, 5.41) is 5.76. The Balaban J connectivity index is 2.00. The number of nitrogens with zero attached hydrogens (tertiary/aromatic N) is 1. The van der Waals surface area contributed by atoms with Crippen LogP contribution in [0.5, 0.6) is 0 Å². The molecule has 0 spiro atoms. The first kappa shape index (κ1) is 27.8. The molecule has 2 atom stereocenters. The van der Waals surface area contributed by atoms with Gasteiger partial charge in [0, 0.05) is 17.3 Å². The Hall–Kier alpha value is -3.79. The van der Waals surface area contributed by atoms with E-state index in [1.165, 1.54) is 0 Å². The zero-order valence-corrected chi connectivity index (χ0v) is 22.5. The summed E-state index contributed by atoms with van der Waals surface area (Å²) in [4.78, 5) is 42.1. The molecule has 2 aromatic rings. The van der Waals surface area contributed by atoms with Crippen LogP contribution in [0, 0.1) is 25.2 Å². The van der Waals surface area contributed by atoms with Crippen molar-refractivity contribution in [2.75, 3.05) is 5.32 Å². The van der Waals surface area contributed by atoms with Gasteiger partial charge in [0.2, 0.25) is 5.91 Å². The van der Waals surface area contributed by atoms with Crippen molar-refractivity contribution < 1.29 is 19.1 Å². The van der Waals surface area contributed by atoms with Gasteiger partial charge in [-0.25, -0.2) is 4.79 Å². The second-order valence-corrected chi connectivity index (χ2v) is 10.8. The first-order valence-electron chi connectivity index (χ1n) is 12.7. The SMILES string of the molecule is C#Cc1ccc(C(C(=O)Nc2ccccc2C)N(C(=O)C(NC(=O)OC(C)(C)C)C(C)C)C2CC2)cc1. The maximum Gasteiger partial charge on any atom is 0.408 e. The Labute approximate surface area is 220 Å². The van der Waals surface area contributed by atoms with E-state index in [0.717, 1.165) is 18.4 Å². The van der Waals surface area contributed by atoms with E-state index in [2.05, 4.69) is 16.6 Å². The summed E-state index contributed by atoms with van der Waals surface area (Å²) >= 11 is 0. The number of carbonyl (C=O) groups excluding carboxylic acids is 3. The van der Waals surface area contributed by atoms with Gasteiger partial charge < -0.3 is 20.3 Å². The van der Waals surface area contributed by atoms with Crippen molar-refractivity contribution in [3.63, 3.8) is 0 Å². The predicted molar refractivity (Wildman–Crippen MR) is 145 cm³/mol. The van der Waals surface area contributed by atoms with Crippen LogP contribution < -0.4 is 10.6 Å². The van der Waals surface area contributed by atoms with E-state index in [1.54, 1.807) is 49.9 Å². The van der Waals surface area contributed by atoms with E-state index < -0.39 is 23.8 Å². The molecule has 2 N–H and O–H groups in total. The molecule has 0 aliphatic heterocycles. The van der Waals surface area contributed by atoms with Crippen molar-refractivity contribution in [3.8, 4) is 12.3 Å². The number of anilines is 1. The topological polar surface area (TPSA) is 87.7 Å². The molecule has 2 unspecified atom stereocenters. The Morgan fingerprint density at radius 2 is 1.68 bits per heavy atom. The molecular formula is C30H37N3O4. The second-order valence-electron chi connectivity index (χ2n) is 10.8. The number of ether oxygens (including phenoxy) is 1. The highest BCUT2D eigenvalue weighted by Gasteiger charge is 2.44. The summed E-state index contributed by atoms with van der Waals surface area (Å²) in [7, 11) is 0. The number of aryl methyl sites for hydroxylation is 1. The minimum atomic E-state index is -0.909. The van der Waals surface area contributed by atoms with Crippen molar-refractivity contribution in [2.24, 2.45) is 5.92 Å². The van der Waals surface area contributed by atoms with Gasteiger partial charge in [-0.15, -0.1) is 6.42 Å². The van der Waals surface area contributed by atoms with Crippen LogP contribution in [0.4, 0.5) is 10.5 Å². The molecule has 1 aliphatic rings. The predicted octanol–water partition coefficient (Wildman–Crippen LogP) is 5.20. The molecule has 0 bridgehead atoms. The maximum atomic E-state index is 14.1. The smallest absolute Gasteiger partial charge is 0.408 e. The molecular weight excluding hydrogens is 466 g/mol. The van der Waals surface area contributed by atoms with Gasteiger partial charge in [0.15, 0.2) is 0 Å². The van der Waals surface area contributed by atoms with E-state index in [1.807, 2.05) is 45.0 Å². The highest BCUT2D eigenvalue weighted by molar-refractivity contribution is 5.99. The average Bonchev–Trinajstić information content (AvgIpc) is 3.66. The minimum absolute atomic E-state index is 0.117. The van der Waals surface area contributed by atoms with Crippen LogP contribution in [-0.2, 0) is 14.3 Å². The Bertz CT molecular complexity index is 1170. The van der Waals surface area contributed by atoms with Gasteiger partial charge >= 0.3 is 6.09 Å². The normalized spacial score (nSPS) is 14.8. The first-order chi connectivity index (χ1) is 17.4. The van der Waals surface area contributed by atoms with E-state index in [-0.39, 0.29) is 23.8 Å². The minimum Gasteiger partial charge on any atom is -0.444 e. The van der Waals surface area contributed by atoms with Gasteiger partial charge in [-0.3, -0.25) is 9.59 Å². The molecule has 1 aliphatic carbocycles. The first-order valence-corrected chi connectivity index (χ1v) is 12.7. The third-order valence-corrected chi connectivity index (χ3v) is 6.12. The molecule has 0 heterocycles. The lowest BCUT2D eigenvalue weighted by Crippen LogP contribution is -2.55. The molecule has 0 radical (unpaired) electrons. The van der Waals surface area contributed by atoms with Crippen molar-refractivity contribution >= 4 is 23.6 Å². The standard InChI is InChI=1S/C30H37N3O4/c1-8-21-13-15-22(16-14-21)26(27(34)31-24-12-10-9-11-20(24)4)33(23-17-18-23)28(35)25(19(2)3)32-29(36)37-30(5,6)7/h1,9-16,19,23,25-26H,17-18H2,2-7H3,(H,31,34)(H,32,36). The van der Waals surface area contributed by atoms with Crippen LogP contribution in [0.15, 0.2) is 48.5 Å². The summed E-state index contributed by atoms with van der Waals surface area (Å²) in [6.07, 6.45) is 6.42. The van der Waals surface area contributed by atoms with E-state index in [4.69, 9.17) is 11.2 Å². The number of rotatable bonds is 8. The zero-order valence-electron chi connectivity index (χ0n) is 22.5. The molecule has 1 saturated carbocycles. The highest BCUT2D eigenvalue weighted by Crippen LogP contribution is 2.37. The highest BCUT2D eigenvalue weighted by atomic mass is 16.6. The molecule has 7 heteroatoms. The van der Waals surface area contributed by atoms with Gasteiger partial charge in [-0.05, 0) is 75.8 Å². The number of alkyl carbamates (subject to hydrolysis) is 1. The maximum absolute atomic E-state index is 14.1. The third-order valence-electron chi connectivity index (χ3n) is 6.12. The van der Waals surface area contributed by atoms with Crippen molar-refractivity contribution in [1.82, 2.24) is 10.2 Å². The molecule has 1 fully saturated rings. The molecule has 2 aromatic carbocycles. The van der Waals surface area contributed by atoms with E-state index in [9.17, 15) is 14.4 Å². The number of amides is 3. The second kappa shape index (κ2) is 11.5. The number of benzene rings is 2. The van der Waals surface area contributed by atoms with Crippen LogP contribution in [0.3, 0.4) is 0 Å². The monoisotopic (exact) mass is 503 g/mol. The van der Waals surface area contributed by atoms with Gasteiger partial charge in [0.1, 0.15) is 17.7 Å². The van der Waals surface area contributed by atoms with Crippen LogP contribution >= 0.6 is 0 Å².